The fourth-order valence-electron chi connectivity index (χ4n) is 2.07. The molecule has 2 amide bonds. The van der Waals surface area contributed by atoms with Crippen molar-refractivity contribution in [2.45, 2.75) is 0 Å². The summed E-state index contributed by atoms with van der Waals surface area (Å²) in [5.74, 6) is -2.63. The highest BCUT2D eigenvalue weighted by Crippen LogP contribution is 2.19. The van der Waals surface area contributed by atoms with Gasteiger partial charge in [0.1, 0.15) is 17.3 Å². The monoisotopic (exact) mass is 347 g/mol. The maximum atomic E-state index is 13.6. The lowest BCUT2D eigenvalue weighted by atomic mass is 10.1. The number of para-hydroxylation sites is 1. The molecule has 0 aliphatic carbocycles. The Balaban J connectivity index is 2.01. The van der Waals surface area contributed by atoms with E-state index < -0.39 is 23.2 Å². The van der Waals surface area contributed by atoms with Gasteiger partial charge in [-0.2, -0.15) is 0 Å². The third-order valence-electron chi connectivity index (χ3n) is 3.46. The quantitative estimate of drug-likeness (QED) is 0.844. The Labute approximate surface area is 144 Å². The highest BCUT2D eigenvalue weighted by atomic mass is 19.1. The maximum Gasteiger partial charge on any atom is 0.255 e. The van der Waals surface area contributed by atoms with Crippen LogP contribution in [0.15, 0.2) is 42.5 Å². The molecule has 0 aliphatic heterocycles. The SMILES string of the molecule is CN(C)CCNC(=O)c1ccc(C(=O)Nc2c(F)cccc2F)cc1. The van der Waals surface area contributed by atoms with Gasteiger partial charge in [-0.1, -0.05) is 6.07 Å². The van der Waals surface area contributed by atoms with Gasteiger partial charge in [-0.3, -0.25) is 9.59 Å². The molecule has 0 bridgehead atoms. The van der Waals surface area contributed by atoms with Crippen LogP contribution in [0.3, 0.4) is 0 Å². The number of amides is 2. The van der Waals surface area contributed by atoms with Crippen molar-refractivity contribution in [2.75, 3.05) is 32.5 Å². The van der Waals surface area contributed by atoms with Gasteiger partial charge < -0.3 is 15.5 Å². The van der Waals surface area contributed by atoms with E-state index in [1.54, 1.807) is 0 Å². The van der Waals surface area contributed by atoms with E-state index in [1.807, 2.05) is 19.0 Å². The molecule has 2 aromatic carbocycles. The predicted molar refractivity (Wildman–Crippen MR) is 91.6 cm³/mol. The average molecular weight is 347 g/mol. The molecule has 0 fully saturated rings. The molecular formula is C18H19F2N3O2. The van der Waals surface area contributed by atoms with E-state index in [0.29, 0.717) is 18.7 Å². The fraction of sp³-hybridized carbons (Fsp3) is 0.222. The van der Waals surface area contributed by atoms with Crippen LogP contribution < -0.4 is 10.6 Å². The van der Waals surface area contributed by atoms with E-state index in [4.69, 9.17) is 0 Å². The highest BCUT2D eigenvalue weighted by molar-refractivity contribution is 6.05. The molecular weight excluding hydrogens is 328 g/mol. The maximum absolute atomic E-state index is 13.6. The third-order valence-corrected chi connectivity index (χ3v) is 3.46. The summed E-state index contributed by atoms with van der Waals surface area (Å²) in [4.78, 5) is 26.0. The van der Waals surface area contributed by atoms with E-state index >= 15 is 0 Å². The topological polar surface area (TPSA) is 61.4 Å². The summed E-state index contributed by atoms with van der Waals surface area (Å²) in [5, 5.41) is 4.95. The second-order valence-corrected chi connectivity index (χ2v) is 5.69. The molecule has 25 heavy (non-hydrogen) atoms. The molecule has 0 spiro atoms. The Morgan fingerprint density at radius 1 is 0.920 bits per heavy atom. The molecule has 0 atom stereocenters. The van der Waals surface area contributed by atoms with Crippen LogP contribution in [0.5, 0.6) is 0 Å². The minimum absolute atomic E-state index is 0.187. The number of hydrogen-bond donors (Lipinski definition) is 2. The van der Waals surface area contributed by atoms with Crippen molar-refractivity contribution < 1.29 is 18.4 Å². The number of carbonyl (C=O) groups is 2. The summed E-state index contributed by atoms with van der Waals surface area (Å²) in [6.07, 6.45) is 0. The summed E-state index contributed by atoms with van der Waals surface area (Å²) < 4.78 is 27.1. The first kappa shape index (κ1) is 18.5. The summed E-state index contributed by atoms with van der Waals surface area (Å²) in [6, 6.07) is 9.14. The standard InChI is InChI=1S/C18H19F2N3O2/c1-23(2)11-10-21-17(24)12-6-8-13(9-7-12)18(25)22-16-14(19)4-3-5-15(16)20/h3-9H,10-11H2,1-2H3,(H,21,24)(H,22,25). The molecule has 7 heteroatoms. The van der Waals surface area contributed by atoms with Crippen molar-refractivity contribution >= 4 is 17.5 Å². The molecule has 0 radical (unpaired) electrons. The predicted octanol–water partition coefficient (Wildman–Crippen LogP) is 2.51. The molecule has 0 saturated heterocycles. The summed E-state index contributed by atoms with van der Waals surface area (Å²) in [5.41, 5.74) is 0.0814. The van der Waals surface area contributed by atoms with Crippen molar-refractivity contribution in [1.82, 2.24) is 10.2 Å². The zero-order valence-corrected chi connectivity index (χ0v) is 14.0. The zero-order valence-electron chi connectivity index (χ0n) is 14.0. The molecule has 5 nitrogen and oxygen atoms in total. The van der Waals surface area contributed by atoms with Crippen LogP contribution >= 0.6 is 0 Å². The Morgan fingerprint density at radius 2 is 1.44 bits per heavy atom. The molecule has 0 saturated carbocycles. The average Bonchev–Trinajstić information content (AvgIpc) is 2.58. The molecule has 0 heterocycles. The molecule has 2 N–H and O–H groups in total. The minimum atomic E-state index is -0.856. The van der Waals surface area contributed by atoms with Gasteiger partial charge in [-0.15, -0.1) is 0 Å². The second-order valence-electron chi connectivity index (χ2n) is 5.69. The van der Waals surface area contributed by atoms with Crippen LogP contribution in [0.1, 0.15) is 20.7 Å². The Morgan fingerprint density at radius 3 is 1.96 bits per heavy atom. The Bertz CT molecular complexity index is 741. The van der Waals surface area contributed by atoms with Gasteiger partial charge >= 0.3 is 0 Å². The molecule has 0 aliphatic rings. The van der Waals surface area contributed by atoms with Crippen molar-refractivity contribution in [3.63, 3.8) is 0 Å². The Kier molecular flexibility index (Phi) is 6.19. The van der Waals surface area contributed by atoms with Crippen molar-refractivity contribution in [3.8, 4) is 0 Å². The van der Waals surface area contributed by atoms with E-state index in [9.17, 15) is 18.4 Å². The smallest absolute Gasteiger partial charge is 0.255 e. The van der Waals surface area contributed by atoms with Crippen LogP contribution in [0, 0.1) is 11.6 Å². The molecule has 2 aromatic rings. The summed E-state index contributed by atoms with van der Waals surface area (Å²) in [7, 11) is 3.80. The van der Waals surface area contributed by atoms with Crippen LogP contribution in [-0.2, 0) is 0 Å². The lowest BCUT2D eigenvalue weighted by Crippen LogP contribution is -2.31. The molecule has 132 valence electrons. The lowest BCUT2D eigenvalue weighted by Gasteiger charge is -2.11. The number of anilines is 1. The first-order valence-corrected chi connectivity index (χ1v) is 7.67. The first-order valence-electron chi connectivity index (χ1n) is 7.67. The molecule has 0 unspecified atom stereocenters. The minimum Gasteiger partial charge on any atom is -0.351 e. The van der Waals surface area contributed by atoms with Gasteiger partial charge in [0.05, 0.1) is 0 Å². The van der Waals surface area contributed by atoms with Crippen LogP contribution in [-0.4, -0.2) is 43.9 Å². The van der Waals surface area contributed by atoms with Gasteiger partial charge in [-0.05, 0) is 50.5 Å². The molecule has 2 rings (SSSR count). The zero-order chi connectivity index (χ0) is 18.4. The van der Waals surface area contributed by atoms with Crippen molar-refractivity contribution in [3.05, 3.63) is 65.2 Å². The fourth-order valence-corrected chi connectivity index (χ4v) is 2.07. The number of benzene rings is 2. The third kappa shape index (κ3) is 5.09. The van der Waals surface area contributed by atoms with Crippen LogP contribution in [0.2, 0.25) is 0 Å². The first-order chi connectivity index (χ1) is 11.9. The van der Waals surface area contributed by atoms with Crippen molar-refractivity contribution in [2.24, 2.45) is 0 Å². The van der Waals surface area contributed by atoms with Crippen molar-refractivity contribution in [1.29, 1.82) is 0 Å². The number of nitrogens with one attached hydrogen (secondary N) is 2. The summed E-state index contributed by atoms with van der Waals surface area (Å²) in [6.45, 7) is 1.21. The number of likely N-dealkylation sites (N-methyl/N-ethyl adjacent to an activating group) is 1. The number of carbonyl (C=O) groups excluding carboxylic acids is 2. The van der Waals surface area contributed by atoms with Gasteiger partial charge in [0.2, 0.25) is 0 Å². The van der Waals surface area contributed by atoms with E-state index in [1.165, 1.54) is 30.3 Å². The second kappa shape index (κ2) is 8.34. The lowest BCUT2D eigenvalue weighted by molar-refractivity contribution is 0.0949. The van der Waals surface area contributed by atoms with E-state index in [0.717, 1.165) is 12.1 Å². The number of hydrogen-bond acceptors (Lipinski definition) is 3. The number of nitrogens with zero attached hydrogens (tertiary/aromatic N) is 1. The van der Waals surface area contributed by atoms with Gasteiger partial charge in [0.25, 0.3) is 11.8 Å². The highest BCUT2D eigenvalue weighted by Gasteiger charge is 2.14. The van der Waals surface area contributed by atoms with Crippen LogP contribution in [0.25, 0.3) is 0 Å². The van der Waals surface area contributed by atoms with E-state index in [2.05, 4.69) is 10.6 Å². The van der Waals surface area contributed by atoms with Crippen LogP contribution in [0.4, 0.5) is 14.5 Å². The number of halogens is 2. The van der Waals surface area contributed by atoms with E-state index in [-0.39, 0.29) is 11.5 Å². The largest absolute Gasteiger partial charge is 0.351 e. The summed E-state index contributed by atoms with van der Waals surface area (Å²) >= 11 is 0. The van der Waals surface area contributed by atoms with Gasteiger partial charge in [0.15, 0.2) is 0 Å². The van der Waals surface area contributed by atoms with Gasteiger partial charge in [0, 0.05) is 24.2 Å². The van der Waals surface area contributed by atoms with Gasteiger partial charge in [-0.25, -0.2) is 8.78 Å². The normalized spacial score (nSPS) is 10.6. The number of rotatable bonds is 6. The molecule has 0 aromatic heterocycles. The Hall–Kier alpha value is -2.80.